The molecule has 4 aliphatic rings. The van der Waals surface area contributed by atoms with Crippen LogP contribution in [0.1, 0.15) is 32.1 Å². The first kappa shape index (κ1) is 7.03. The number of Topliss-reactive ketones (excluding diaryl/α,β-unsaturated/α-hetero) is 1. The first-order valence-corrected chi connectivity index (χ1v) is 5.87. The lowest BCUT2D eigenvalue weighted by atomic mass is 9.71. The number of rotatable bonds is 0. The van der Waals surface area contributed by atoms with E-state index in [0.717, 1.165) is 36.0 Å². The summed E-state index contributed by atoms with van der Waals surface area (Å²) in [6.07, 6.45) is 6.65. The van der Waals surface area contributed by atoms with Crippen molar-refractivity contribution in [2.45, 2.75) is 32.1 Å². The number of ketones is 1. The van der Waals surface area contributed by atoms with E-state index in [9.17, 15) is 4.79 Å². The zero-order valence-electron chi connectivity index (χ0n) is 7.91. The Kier molecular flexibility index (Phi) is 1.09. The maximum absolute atomic E-state index is 11.7. The lowest BCUT2D eigenvalue weighted by Crippen LogP contribution is -2.32. The van der Waals surface area contributed by atoms with Gasteiger partial charge in [0.1, 0.15) is 5.78 Å². The van der Waals surface area contributed by atoms with Crippen LogP contribution in [0.5, 0.6) is 0 Å². The predicted molar refractivity (Wildman–Crippen MR) is 49.0 cm³/mol. The third-order valence-corrected chi connectivity index (χ3v) is 5.49. The molecular formula is C12H16O. The van der Waals surface area contributed by atoms with E-state index in [0.29, 0.717) is 11.7 Å². The third-order valence-electron chi connectivity index (χ3n) is 5.49. The number of carbonyl (C=O) groups excluding carboxylic acids is 1. The SMILES string of the molecule is O=C1C[C@H]2C[C@@H]1[C@H]1[C@@H]3CC[C@@H](C3)[C@@H]21. The van der Waals surface area contributed by atoms with E-state index in [1.807, 2.05) is 0 Å². The number of hydrogen-bond donors (Lipinski definition) is 0. The van der Waals surface area contributed by atoms with Crippen LogP contribution in [-0.4, -0.2) is 5.78 Å². The van der Waals surface area contributed by atoms with Crippen LogP contribution in [0.25, 0.3) is 0 Å². The summed E-state index contributed by atoms with van der Waals surface area (Å²) in [5.74, 6) is 5.86. The molecule has 0 N–H and O–H groups in total. The van der Waals surface area contributed by atoms with Gasteiger partial charge in [0.25, 0.3) is 0 Å². The number of hydrogen-bond acceptors (Lipinski definition) is 1. The summed E-state index contributed by atoms with van der Waals surface area (Å²) in [4.78, 5) is 11.7. The highest BCUT2D eigenvalue weighted by atomic mass is 16.1. The number of carbonyl (C=O) groups is 1. The lowest BCUT2D eigenvalue weighted by Gasteiger charge is -2.33. The van der Waals surface area contributed by atoms with E-state index >= 15 is 0 Å². The van der Waals surface area contributed by atoms with E-state index in [2.05, 4.69) is 0 Å². The zero-order valence-corrected chi connectivity index (χ0v) is 7.91. The molecule has 0 saturated heterocycles. The average Bonchev–Trinajstić information content (AvgIpc) is 2.78. The van der Waals surface area contributed by atoms with Crippen LogP contribution in [0.3, 0.4) is 0 Å². The molecule has 4 fully saturated rings. The van der Waals surface area contributed by atoms with E-state index in [1.54, 1.807) is 0 Å². The van der Waals surface area contributed by atoms with Crippen LogP contribution in [0, 0.1) is 35.5 Å². The molecular weight excluding hydrogens is 160 g/mol. The molecule has 0 aromatic rings. The van der Waals surface area contributed by atoms with Crippen molar-refractivity contribution in [1.29, 1.82) is 0 Å². The summed E-state index contributed by atoms with van der Waals surface area (Å²) in [7, 11) is 0. The first-order chi connectivity index (χ1) is 6.34. The van der Waals surface area contributed by atoms with Crippen molar-refractivity contribution in [3.8, 4) is 0 Å². The average molecular weight is 176 g/mol. The lowest BCUT2D eigenvalue weighted by molar-refractivity contribution is -0.125. The molecule has 1 nitrogen and oxygen atoms in total. The normalized spacial score (nSPS) is 62.0. The number of fused-ring (bicyclic) bond motifs is 9. The van der Waals surface area contributed by atoms with Gasteiger partial charge in [-0.25, -0.2) is 0 Å². The van der Waals surface area contributed by atoms with Gasteiger partial charge in [0, 0.05) is 12.3 Å². The van der Waals surface area contributed by atoms with Crippen molar-refractivity contribution in [2.75, 3.05) is 0 Å². The molecule has 4 aliphatic carbocycles. The second-order valence-electron chi connectivity index (χ2n) is 5.76. The topological polar surface area (TPSA) is 17.1 Å². The van der Waals surface area contributed by atoms with Gasteiger partial charge in [-0.1, -0.05) is 0 Å². The van der Waals surface area contributed by atoms with Gasteiger partial charge < -0.3 is 0 Å². The summed E-state index contributed by atoms with van der Waals surface area (Å²) in [6, 6.07) is 0. The minimum atomic E-state index is 0.533. The van der Waals surface area contributed by atoms with Crippen molar-refractivity contribution in [3.05, 3.63) is 0 Å². The summed E-state index contributed by atoms with van der Waals surface area (Å²) < 4.78 is 0. The quantitative estimate of drug-likeness (QED) is 0.517. The molecule has 6 atom stereocenters. The van der Waals surface area contributed by atoms with Crippen LogP contribution in [0.2, 0.25) is 0 Å². The molecule has 4 bridgehead atoms. The summed E-state index contributed by atoms with van der Waals surface area (Å²) in [5.41, 5.74) is 0. The van der Waals surface area contributed by atoms with E-state index in [-0.39, 0.29) is 0 Å². The predicted octanol–water partition coefficient (Wildman–Crippen LogP) is 2.26. The Bertz CT molecular complexity index is 283. The summed E-state index contributed by atoms with van der Waals surface area (Å²) >= 11 is 0. The fourth-order valence-electron chi connectivity index (χ4n) is 5.29. The monoisotopic (exact) mass is 176 g/mol. The Hall–Kier alpha value is -0.330. The van der Waals surface area contributed by atoms with E-state index in [4.69, 9.17) is 0 Å². The van der Waals surface area contributed by atoms with Gasteiger partial charge in [0.15, 0.2) is 0 Å². The zero-order chi connectivity index (χ0) is 8.58. The van der Waals surface area contributed by atoms with Crippen molar-refractivity contribution in [3.63, 3.8) is 0 Å². The fraction of sp³-hybridized carbons (Fsp3) is 0.917. The van der Waals surface area contributed by atoms with Crippen LogP contribution < -0.4 is 0 Å². The van der Waals surface area contributed by atoms with Gasteiger partial charge in [-0.2, -0.15) is 0 Å². The molecule has 1 heteroatoms. The maximum atomic E-state index is 11.7. The van der Waals surface area contributed by atoms with Gasteiger partial charge in [-0.05, 0) is 55.3 Å². The Morgan fingerprint density at radius 2 is 1.69 bits per heavy atom. The largest absolute Gasteiger partial charge is 0.299 e. The van der Waals surface area contributed by atoms with E-state index < -0.39 is 0 Å². The van der Waals surface area contributed by atoms with Crippen molar-refractivity contribution < 1.29 is 4.79 Å². The minimum Gasteiger partial charge on any atom is -0.299 e. The molecule has 0 aromatic carbocycles. The Morgan fingerprint density at radius 3 is 2.54 bits per heavy atom. The second-order valence-corrected chi connectivity index (χ2v) is 5.76. The first-order valence-electron chi connectivity index (χ1n) is 5.87. The van der Waals surface area contributed by atoms with Crippen LogP contribution >= 0.6 is 0 Å². The molecule has 0 aliphatic heterocycles. The van der Waals surface area contributed by atoms with Crippen molar-refractivity contribution in [1.82, 2.24) is 0 Å². The molecule has 0 radical (unpaired) electrons. The molecule has 4 saturated carbocycles. The third kappa shape index (κ3) is 0.660. The highest BCUT2D eigenvalue weighted by Crippen LogP contribution is 2.66. The van der Waals surface area contributed by atoms with Gasteiger partial charge in [-0.3, -0.25) is 4.79 Å². The van der Waals surface area contributed by atoms with Crippen LogP contribution in [0.4, 0.5) is 0 Å². The van der Waals surface area contributed by atoms with E-state index in [1.165, 1.54) is 25.7 Å². The van der Waals surface area contributed by atoms with Gasteiger partial charge in [0.2, 0.25) is 0 Å². The van der Waals surface area contributed by atoms with Crippen molar-refractivity contribution >= 4 is 5.78 Å². The molecule has 4 rings (SSSR count). The standard InChI is InChI=1S/C12H16O/c13-10-5-8-4-9(10)12-7-2-1-6(3-7)11(8)12/h6-9,11-12H,1-5H2/t6-,7+,8+,9-,11-,12+/m0/s1. The van der Waals surface area contributed by atoms with Crippen molar-refractivity contribution in [2.24, 2.45) is 35.5 Å². The molecule has 0 amide bonds. The maximum Gasteiger partial charge on any atom is 0.136 e. The molecule has 0 aromatic heterocycles. The Morgan fingerprint density at radius 1 is 0.923 bits per heavy atom. The van der Waals surface area contributed by atoms with Crippen LogP contribution in [0.15, 0.2) is 0 Å². The second kappa shape index (κ2) is 2.02. The minimum absolute atomic E-state index is 0.533. The fourth-order valence-corrected chi connectivity index (χ4v) is 5.29. The summed E-state index contributed by atoms with van der Waals surface area (Å²) in [6.45, 7) is 0. The van der Waals surface area contributed by atoms with Crippen LogP contribution in [-0.2, 0) is 4.79 Å². The Balaban J connectivity index is 1.78. The molecule has 70 valence electrons. The highest BCUT2D eigenvalue weighted by Gasteiger charge is 2.62. The van der Waals surface area contributed by atoms with Gasteiger partial charge >= 0.3 is 0 Å². The molecule has 13 heavy (non-hydrogen) atoms. The van der Waals surface area contributed by atoms with Gasteiger partial charge in [-0.15, -0.1) is 0 Å². The summed E-state index contributed by atoms with van der Waals surface area (Å²) in [5, 5.41) is 0. The molecule has 0 spiro atoms. The van der Waals surface area contributed by atoms with Gasteiger partial charge in [0.05, 0.1) is 0 Å². The highest BCUT2D eigenvalue weighted by molar-refractivity contribution is 5.85. The molecule has 0 heterocycles. The molecule has 0 unspecified atom stereocenters. The Labute approximate surface area is 78.9 Å². The smallest absolute Gasteiger partial charge is 0.136 e.